The van der Waals surface area contributed by atoms with Crippen LogP contribution in [-0.4, -0.2) is 38.1 Å². The molecule has 0 heterocycles. The van der Waals surface area contributed by atoms with Gasteiger partial charge in [0.25, 0.3) is 0 Å². The predicted molar refractivity (Wildman–Crippen MR) is 60.5 cm³/mol. The van der Waals surface area contributed by atoms with E-state index in [2.05, 4.69) is 21.3 Å². The molecule has 1 atom stereocenters. The van der Waals surface area contributed by atoms with Crippen LogP contribution in [-0.2, 0) is 14.3 Å². The Labute approximate surface area is 95.9 Å². The predicted octanol–water partition coefficient (Wildman–Crippen LogP) is -0.477. The molecule has 0 saturated heterocycles. The third kappa shape index (κ3) is 5.37. The average Bonchev–Trinajstić information content (AvgIpc) is 2.25. The number of rotatable bonds is 6. The number of hydrogen-bond donors (Lipinski definition) is 2. The normalized spacial score (nSPS) is 11.7. The van der Waals surface area contributed by atoms with Crippen LogP contribution in [0.5, 0.6) is 0 Å². The molecule has 0 rings (SSSR count). The molecule has 5 nitrogen and oxygen atoms in total. The fraction of sp³-hybridized carbons (Fsp3) is 0.636. The van der Waals surface area contributed by atoms with Crippen molar-refractivity contribution in [2.24, 2.45) is 5.92 Å². The Morgan fingerprint density at radius 1 is 1.44 bits per heavy atom. The van der Waals surface area contributed by atoms with Crippen LogP contribution in [0.1, 0.15) is 13.8 Å². The summed E-state index contributed by atoms with van der Waals surface area (Å²) in [5.74, 6) is 1.72. The van der Waals surface area contributed by atoms with E-state index < -0.39 is 6.04 Å². The molecule has 0 aromatic heterocycles. The fourth-order valence-corrected chi connectivity index (χ4v) is 1.13. The second kappa shape index (κ2) is 7.71. The maximum atomic E-state index is 11.3. The van der Waals surface area contributed by atoms with E-state index in [1.54, 1.807) is 0 Å². The van der Waals surface area contributed by atoms with Crippen molar-refractivity contribution >= 4 is 11.9 Å². The molecule has 1 amide bonds. The average molecular weight is 226 g/mol. The van der Waals surface area contributed by atoms with Crippen LogP contribution < -0.4 is 10.6 Å². The highest BCUT2D eigenvalue weighted by Gasteiger charge is 2.22. The highest BCUT2D eigenvalue weighted by Crippen LogP contribution is 2.02. The van der Waals surface area contributed by atoms with Gasteiger partial charge in [0.1, 0.15) is 6.04 Å². The highest BCUT2D eigenvalue weighted by molar-refractivity contribution is 5.80. The van der Waals surface area contributed by atoms with E-state index in [1.165, 1.54) is 7.11 Å². The Morgan fingerprint density at radius 3 is 2.50 bits per heavy atom. The summed E-state index contributed by atoms with van der Waals surface area (Å²) in [5, 5.41) is 5.32. The van der Waals surface area contributed by atoms with Gasteiger partial charge >= 0.3 is 5.97 Å². The van der Waals surface area contributed by atoms with Crippen molar-refractivity contribution < 1.29 is 14.3 Å². The Balaban J connectivity index is 4.08. The van der Waals surface area contributed by atoms with Gasteiger partial charge in [-0.25, -0.2) is 0 Å². The number of ether oxygens (including phenoxy) is 1. The van der Waals surface area contributed by atoms with Gasteiger partial charge in [-0.15, -0.1) is 6.42 Å². The second-order valence-electron chi connectivity index (χ2n) is 3.61. The van der Waals surface area contributed by atoms with Crippen molar-refractivity contribution in [2.75, 3.05) is 20.2 Å². The summed E-state index contributed by atoms with van der Waals surface area (Å²) >= 11 is 0. The summed E-state index contributed by atoms with van der Waals surface area (Å²) in [7, 11) is 1.32. The molecule has 0 spiro atoms. The monoisotopic (exact) mass is 226 g/mol. The van der Waals surface area contributed by atoms with Gasteiger partial charge in [-0.3, -0.25) is 14.9 Å². The van der Waals surface area contributed by atoms with Gasteiger partial charge < -0.3 is 10.1 Å². The molecule has 0 aliphatic carbocycles. The van der Waals surface area contributed by atoms with Gasteiger partial charge in [0, 0.05) is 0 Å². The summed E-state index contributed by atoms with van der Waals surface area (Å²) in [6.07, 6.45) is 4.99. The quantitative estimate of drug-likeness (QED) is 0.474. The van der Waals surface area contributed by atoms with Crippen LogP contribution in [0.15, 0.2) is 0 Å². The molecular weight excluding hydrogens is 208 g/mol. The lowest BCUT2D eigenvalue weighted by Crippen LogP contribution is -2.46. The SMILES string of the molecule is C#CCNC(=O)CNC(C(=O)OC)C(C)C. The van der Waals surface area contributed by atoms with Crippen molar-refractivity contribution in [1.29, 1.82) is 0 Å². The van der Waals surface area contributed by atoms with Crippen LogP contribution in [0.4, 0.5) is 0 Å². The number of nitrogens with one attached hydrogen (secondary N) is 2. The number of carbonyl (C=O) groups is 2. The van der Waals surface area contributed by atoms with Crippen LogP contribution in [0.25, 0.3) is 0 Å². The van der Waals surface area contributed by atoms with Gasteiger partial charge in [-0.2, -0.15) is 0 Å². The Morgan fingerprint density at radius 2 is 2.06 bits per heavy atom. The largest absolute Gasteiger partial charge is 0.468 e. The molecule has 0 fully saturated rings. The van der Waals surface area contributed by atoms with Gasteiger partial charge in [0.2, 0.25) is 5.91 Å². The molecule has 0 radical (unpaired) electrons. The van der Waals surface area contributed by atoms with Gasteiger partial charge in [0.05, 0.1) is 20.2 Å². The van der Waals surface area contributed by atoms with Gasteiger partial charge in [-0.05, 0) is 5.92 Å². The minimum absolute atomic E-state index is 0.0413. The molecule has 0 aliphatic heterocycles. The van der Waals surface area contributed by atoms with Crippen LogP contribution in [0, 0.1) is 18.3 Å². The number of terminal acetylenes is 1. The maximum Gasteiger partial charge on any atom is 0.323 e. The Kier molecular flexibility index (Phi) is 6.97. The molecule has 2 N–H and O–H groups in total. The topological polar surface area (TPSA) is 67.4 Å². The van der Waals surface area contributed by atoms with Crippen LogP contribution >= 0.6 is 0 Å². The zero-order chi connectivity index (χ0) is 12.6. The third-order valence-electron chi connectivity index (χ3n) is 1.99. The molecule has 16 heavy (non-hydrogen) atoms. The number of hydrogen-bond acceptors (Lipinski definition) is 4. The molecule has 0 aliphatic rings. The summed E-state index contributed by atoms with van der Waals surface area (Å²) in [6, 6.07) is -0.485. The van der Waals surface area contributed by atoms with Crippen molar-refractivity contribution in [1.82, 2.24) is 10.6 Å². The lowest BCUT2D eigenvalue weighted by molar-refractivity contribution is -0.144. The molecule has 0 bridgehead atoms. The van der Waals surface area contributed by atoms with E-state index >= 15 is 0 Å². The zero-order valence-corrected chi connectivity index (χ0v) is 9.87. The number of methoxy groups -OCH3 is 1. The standard InChI is InChI=1S/C11H18N2O3/c1-5-6-12-9(14)7-13-10(8(2)3)11(15)16-4/h1,8,10,13H,6-7H2,2-4H3,(H,12,14). The van der Waals surface area contributed by atoms with E-state index in [0.717, 1.165) is 0 Å². The minimum Gasteiger partial charge on any atom is -0.468 e. The van der Waals surface area contributed by atoms with E-state index in [1.807, 2.05) is 13.8 Å². The van der Waals surface area contributed by atoms with Crippen molar-refractivity contribution in [3.63, 3.8) is 0 Å². The third-order valence-corrected chi connectivity index (χ3v) is 1.99. The number of esters is 1. The lowest BCUT2D eigenvalue weighted by Gasteiger charge is -2.19. The first kappa shape index (κ1) is 14.5. The summed E-state index contributed by atoms with van der Waals surface area (Å²) in [5.41, 5.74) is 0. The van der Waals surface area contributed by atoms with E-state index in [-0.39, 0.29) is 30.9 Å². The Hall–Kier alpha value is -1.54. The van der Waals surface area contributed by atoms with Crippen molar-refractivity contribution in [3.05, 3.63) is 0 Å². The smallest absolute Gasteiger partial charge is 0.323 e. The highest BCUT2D eigenvalue weighted by atomic mass is 16.5. The molecule has 0 aromatic carbocycles. The Bertz CT molecular complexity index is 281. The molecule has 0 aromatic rings. The van der Waals surface area contributed by atoms with E-state index in [4.69, 9.17) is 6.42 Å². The lowest BCUT2D eigenvalue weighted by atomic mass is 10.0. The van der Waals surface area contributed by atoms with Crippen molar-refractivity contribution in [2.45, 2.75) is 19.9 Å². The summed E-state index contributed by atoms with van der Waals surface area (Å²) in [6.45, 7) is 3.96. The van der Waals surface area contributed by atoms with Crippen molar-refractivity contribution in [3.8, 4) is 12.3 Å². The first-order valence-corrected chi connectivity index (χ1v) is 5.04. The molecule has 90 valence electrons. The van der Waals surface area contributed by atoms with Gasteiger partial charge in [0.15, 0.2) is 0 Å². The summed E-state index contributed by atoms with van der Waals surface area (Å²) in [4.78, 5) is 22.5. The first-order chi connectivity index (χ1) is 7.52. The number of amides is 1. The van der Waals surface area contributed by atoms with Crippen LogP contribution in [0.3, 0.4) is 0 Å². The molecule has 5 heteroatoms. The molecule has 1 unspecified atom stereocenters. The van der Waals surface area contributed by atoms with E-state index in [0.29, 0.717) is 0 Å². The second-order valence-corrected chi connectivity index (χ2v) is 3.61. The zero-order valence-electron chi connectivity index (χ0n) is 9.87. The van der Waals surface area contributed by atoms with Gasteiger partial charge in [-0.1, -0.05) is 19.8 Å². The minimum atomic E-state index is -0.485. The number of carbonyl (C=O) groups excluding carboxylic acids is 2. The first-order valence-electron chi connectivity index (χ1n) is 5.04. The maximum absolute atomic E-state index is 11.3. The molecular formula is C11H18N2O3. The van der Waals surface area contributed by atoms with E-state index in [9.17, 15) is 9.59 Å². The molecule has 0 saturated carbocycles. The van der Waals surface area contributed by atoms with Crippen LogP contribution in [0.2, 0.25) is 0 Å². The summed E-state index contributed by atoms with van der Waals surface area (Å²) < 4.78 is 4.62. The fourth-order valence-electron chi connectivity index (χ4n) is 1.13.